The van der Waals surface area contributed by atoms with Crippen molar-refractivity contribution in [1.82, 2.24) is 5.32 Å². The maximum absolute atomic E-state index is 12.0. The molecule has 0 radical (unpaired) electrons. The average Bonchev–Trinajstić information content (AvgIpc) is 2.93. The molecule has 0 spiro atoms. The van der Waals surface area contributed by atoms with Crippen LogP contribution in [0, 0.1) is 5.92 Å². The van der Waals surface area contributed by atoms with Gasteiger partial charge in [0.25, 0.3) is 0 Å². The summed E-state index contributed by atoms with van der Waals surface area (Å²) in [7, 11) is 0. The Morgan fingerprint density at radius 2 is 2.47 bits per heavy atom. The first-order valence-electron chi connectivity index (χ1n) is 5.64. The van der Waals surface area contributed by atoms with Crippen molar-refractivity contribution in [3.63, 3.8) is 0 Å². The van der Waals surface area contributed by atoms with Crippen molar-refractivity contribution in [3.05, 3.63) is 24.2 Å². The van der Waals surface area contributed by atoms with E-state index in [-0.39, 0.29) is 5.92 Å². The number of rotatable bonds is 3. The van der Waals surface area contributed by atoms with Gasteiger partial charge in [-0.3, -0.25) is 4.79 Å². The van der Waals surface area contributed by atoms with Crippen molar-refractivity contribution >= 4 is 5.78 Å². The fraction of sp³-hybridized carbons (Fsp3) is 0.583. The van der Waals surface area contributed by atoms with Crippen LogP contribution in [0.15, 0.2) is 22.8 Å². The summed E-state index contributed by atoms with van der Waals surface area (Å²) in [6.45, 7) is 0. The van der Waals surface area contributed by atoms with E-state index in [9.17, 15) is 4.79 Å². The number of fused-ring (bicyclic) bond motifs is 2. The molecule has 0 aliphatic carbocycles. The molecule has 2 saturated heterocycles. The van der Waals surface area contributed by atoms with E-state index in [0.29, 0.717) is 24.3 Å². The van der Waals surface area contributed by atoms with Gasteiger partial charge in [-0.05, 0) is 31.4 Å². The second kappa shape index (κ2) is 3.49. The van der Waals surface area contributed by atoms with Crippen LogP contribution in [0.3, 0.4) is 0 Å². The van der Waals surface area contributed by atoms with Gasteiger partial charge in [-0.25, -0.2) is 0 Å². The van der Waals surface area contributed by atoms with Gasteiger partial charge in [0.05, 0.1) is 12.7 Å². The van der Waals surface area contributed by atoms with E-state index in [0.717, 1.165) is 12.2 Å². The van der Waals surface area contributed by atoms with Crippen LogP contribution in [0.5, 0.6) is 0 Å². The van der Waals surface area contributed by atoms with Gasteiger partial charge in [0.15, 0.2) is 0 Å². The molecule has 0 saturated carbocycles. The van der Waals surface area contributed by atoms with Crippen molar-refractivity contribution in [2.75, 3.05) is 0 Å². The Bertz CT molecular complexity index is 358. The lowest BCUT2D eigenvalue weighted by Crippen LogP contribution is -2.29. The SMILES string of the molecule is O=C(Cc1ccco1)C1CC2CCC1N2. The van der Waals surface area contributed by atoms with Gasteiger partial charge in [0.2, 0.25) is 0 Å². The molecule has 2 aliphatic heterocycles. The van der Waals surface area contributed by atoms with Crippen LogP contribution < -0.4 is 5.32 Å². The number of furan rings is 1. The molecule has 3 rings (SSSR count). The highest BCUT2D eigenvalue weighted by atomic mass is 16.3. The van der Waals surface area contributed by atoms with Crippen molar-refractivity contribution in [3.8, 4) is 0 Å². The summed E-state index contributed by atoms with van der Waals surface area (Å²) in [5.74, 6) is 1.36. The minimum absolute atomic E-state index is 0.230. The molecule has 2 bridgehead atoms. The minimum atomic E-state index is 0.230. The topological polar surface area (TPSA) is 42.2 Å². The Hall–Kier alpha value is -1.09. The van der Waals surface area contributed by atoms with Crippen molar-refractivity contribution in [2.45, 2.75) is 37.8 Å². The van der Waals surface area contributed by atoms with Gasteiger partial charge in [-0.1, -0.05) is 0 Å². The molecule has 3 nitrogen and oxygen atoms in total. The third kappa shape index (κ3) is 1.61. The van der Waals surface area contributed by atoms with Crippen LogP contribution in [0.25, 0.3) is 0 Å². The first kappa shape index (κ1) is 9.16. The molecule has 2 fully saturated rings. The van der Waals surface area contributed by atoms with Crippen LogP contribution >= 0.6 is 0 Å². The van der Waals surface area contributed by atoms with E-state index in [1.807, 2.05) is 12.1 Å². The molecular formula is C12H15NO2. The molecular weight excluding hydrogens is 190 g/mol. The predicted octanol–water partition coefficient (Wildman–Crippen LogP) is 1.53. The van der Waals surface area contributed by atoms with E-state index in [2.05, 4.69) is 5.32 Å². The summed E-state index contributed by atoms with van der Waals surface area (Å²) in [6, 6.07) is 4.75. The van der Waals surface area contributed by atoms with Gasteiger partial charge in [0.1, 0.15) is 11.5 Å². The number of nitrogens with one attached hydrogen (secondary N) is 1. The lowest BCUT2D eigenvalue weighted by Gasteiger charge is -2.17. The number of hydrogen-bond donors (Lipinski definition) is 1. The normalized spacial score (nSPS) is 33.5. The summed E-state index contributed by atoms with van der Waals surface area (Å²) >= 11 is 0. The van der Waals surface area contributed by atoms with Crippen molar-refractivity contribution in [2.24, 2.45) is 5.92 Å². The quantitative estimate of drug-likeness (QED) is 0.813. The fourth-order valence-electron chi connectivity index (χ4n) is 2.90. The summed E-state index contributed by atoms with van der Waals surface area (Å²) < 4.78 is 5.20. The molecule has 0 aromatic carbocycles. The van der Waals surface area contributed by atoms with Crippen LogP contribution in [-0.2, 0) is 11.2 Å². The van der Waals surface area contributed by atoms with Crippen LogP contribution in [0.2, 0.25) is 0 Å². The standard InChI is InChI=1S/C12H15NO2/c14-12(7-9-2-1-5-15-9)10-6-8-3-4-11(10)13-8/h1-2,5,8,10-11,13H,3-4,6-7H2. The number of Topliss-reactive ketones (excluding diaryl/α,β-unsaturated/α-hetero) is 1. The molecule has 3 heteroatoms. The van der Waals surface area contributed by atoms with E-state index in [4.69, 9.17) is 4.42 Å². The Kier molecular flexibility index (Phi) is 2.13. The van der Waals surface area contributed by atoms with Gasteiger partial charge in [0, 0.05) is 18.0 Å². The highest BCUT2D eigenvalue weighted by Crippen LogP contribution is 2.34. The average molecular weight is 205 g/mol. The zero-order valence-electron chi connectivity index (χ0n) is 8.61. The Morgan fingerprint density at radius 1 is 1.53 bits per heavy atom. The van der Waals surface area contributed by atoms with Gasteiger partial charge in [-0.2, -0.15) is 0 Å². The summed E-state index contributed by atoms with van der Waals surface area (Å²) in [5.41, 5.74) is 0. The Balaban J connectivity index is 1.66. The predicted molar refractivity (Wildman–Crippen MR) is 55.5 cm³/mol. The number of carbonyl (C=O) groups is 1. The maximum atomic E-state index is 12.0. The molecule has 0 amide bonds. The largest absolute Gasteiger partial charge is 0.469 e. The van der Waals surface area contributed by atoms with Crippen LogP contribution in [-0.4, -0.2) is 17.9 Å². The molecule has 15 heavy (non-hydrogen) atoms. The molecule has 3 unspecified atom stereocenters. The highest BCUT2D eigenvalue weighted by molar-refractivity contribution is 5.84. The zero-order chi connectivity index (χ0) is 10.3. The van der Waals surface area contributed by atoms with Crippen molar-refractivity contribution < 1.29 is 9.21 Å². The molecule has 2 aliphatic rings. The summed E-state index contributed by atoms with van der Waals surface area (Å²) in [6.07, 6.45) is 5.53. The first-order valence-corrected chi connectivity index (χ1v) is 5.64. The smallest absolute Gasteiger partial charge is 0.145 e. The van der Waals surface area contributed by atoms with Gasteiger partial charge < -0.3 is 9.73 Å². The van der Waals surface area contributed by atoms with E-state index in [1.165, 1.54) is 12.8 Å². The minimum Gasteiger partial charge on any atom is -0.469 e. The van der Waals surface area contributed by atoms with Gasteiger partial charge >= 0.3 is 0 Å². The number of carbonyl (C=O) groups excluding carboxylic acids is 1. The number of hydrogen-bond acceptors (Lipinski definition) is 3. The Labute approximate surface area is 88.8 Å². The second-order valence-electron chi connectivity index (χ2n) is 4.61. The number of ketones is 1. The third-order valence-corrected chi connectivity index (χ3v) is 3.64. The van der Waals surface area contributed by atoms with E-state index >= 15 is 0 Å². The molecule has 3 atom stereocenters. The molecule has 1 N–H and O–H groups in total. The molecule has 1 aromatic rings. The second-order valence-corrected chi connectivity index (χ2v) is 4.61. The maximum Gasteiger partial charge on any atom is 0.145 e. The highest BCUT2D eigenvalue weighted by Gasteiger charge is 2.42. The fourth-order valence-corrected chi connectivity index (χ4v) is 2.90. The summed E-state index contributed by atoms with van der Waals surface area (Å²) in [4.78, 5) is 12.0. The van der Waals surface area contributed by atoms with Gasteiger partial charge in [-0.15, -0.1) is 0 Å². The monoisotopic (exact) mass is 205 g/mol. The molecule has 1 aromatic heterocycles. The van der Waals surface area contributed by atoms with Crippen LogP contribution in [0.1, 0.15) is 25.0 Å². The first-order chi connectivity index (χ1) is 7.33. The Morgan fingerprint density at radius 3 is 3.07 bits per heavy atom. The summed E-state index contributed by atoms with van der Waals surface area (Å²) in [5, 5.41) is 3.49. The lowest BCUT2D eigenvalue weighted by molar-refractivity contribution is -0.123. The lowest BCUT2D eigenvalue weighted by atomic mass is 9.85. The van der Waals surface area contributed by atoms with Crippen molar-refractivity contribution in [1.29, 1.82) is 0 Å². The third-order valence-electron chi connectivity index (χ3n) is 3.64. The molecule has 3 heterocycles. The van der Waals surface area contributed by atoms with E-state index in [1.54, 1.807) is 6.26 Å². The molecule has 80 valence electrons. The van der Waals surface area contributed by atoms with E-state index < -0.39 is 0 Å². The zero-order valence-corrected chi connectivity index (χ0v) is 8.61. The van der Waals surface area contributed by atoms with Crippen LogP contribution in [0.4, 0.5) is 0 Å².